The first kappa shape index (κ1) is 22.0. The molecule has 0 saturated carbocycles. The fraction of sp³-hybridized carbons (Fsp3) is 0.450. The number of aliphatic imine (C=N–C) groups is 1. The van der Waals surface area contributed by atoms with Crippen LogP contribution in [0.3, 0.4) is 0 Å². The van der Waals surface area contributed by atoms with E-state index in [0.29, 0.717) is 18.5 Å². The van der Waals surface area contributed by atoms with Gasteiger partial charge in [-0.1, -0.05) is 0 Å². The quantitative estimate of drug-likeness (QED) is 0.352. The third-order valence-corrected chi connectivity index (χ3v) is 5.51. The van der Waals surface area contributed by atoms with E-state index in [1.807, 2.05) is 49.4 Å². The zero-order valence-electron chi connectivity index (χ0n) is 16.1. The molecular weight excluding hydrogens is 471 g/mol. The Morgan fingerprint density at radius 3 is 2.70 bits per heavy atom. The van der Waals surface area contributed by atoms with Crippen molar-refractivity contribution in [3.8, 4) is 5.75 Å². The van der Waals surface area contributed by atoms with Crippen LogP contribution >= 0.6 is 35.3 Å². The van der Waals surface area contributed by atoms with Crippen LogP contribution in [0.1, 0.15) is 31.2 Å². The number of ether oxygens (including phenoxy) is 1. The molecule has 0 spiro atoms. The van der Waals surface area contributed by atoms with Gasteiger partial charge in [-0.3, -0.25) is 9.89 Å². The molecule has 0 fully saturated rings. The van der Waals surface area contributed by atoms with E-state index in [1.54, 1.807) is 0 Å². The molecule has 1 aromatic heterocycles. The summed E-state index contributed by atoms with van der Waals surface area (Å²) in [6, 6.07) is 10.4. The van der Waals surface area contributed by atoms with Crippen molar-refractivity contribution in [1.82, 2.24) is 4.90 Å². The van der Waals surface area contributed by atoms with E-state index in [1.165, 1.54) is 10.4 Å². The Balaban J connectivity index is 0.00000261. The van der Waals surface area contributed by atoms with Crippen molar-refractivity contribution in [2.24, 2.45) is 10.7 Å². The van der Waals surface area contributed by atoms with E-state index in [2.05, 4.69) is 33.6 Å². The molecule has 1 unspecified atom stereocenters. The Hall–Kier alpha value is -1.32. The zero-order valence-corrected chi connectivity index (χ0v) is 19.3. The molecule has 0 radical (unpaired) electrons. The largest absolute Gasteiger partial charge is 0.491 e. The second-order valence-electron chi connectivity index (χ2n) is 6.98. The molecule has 1 atom stereocenters. The number of nitrogens with two attached hydrogens (primary N) is 1. The maximum absolute atomic E-state index is 6.05. The summed E-state index contributed by atoms with van der Waals surface area (Å²) in [5, 5.41) is 5.34. The molecule has 148 valence electrons. The first-order chi connectivity index (χ1) is 12.5. The zero-order chi connectivity index (χ0) is 18.5. The van der Waals surface area contributed by atoms with Crippen LogP contribution in [0.25, 0.3) is 0 Å². The van der Waals surface area contributed by atoms with Crippen molar-refractivity contribution in [3.63, 3.8) is 0 Å². The average molecular weight is 500 g/mol. The van der Waals surface area contributed by atoms with Gasteiger partial charge in [0.25, 0.3) is 0 Å². The molecule has 2 heterocycles. The van der Waals surface area contributed by atoms with Crippen LogP contribution in [0.2, 0.25) is 0 Å². The van der Waals surface area contributed by atoms with Crippen LogP contribution in [0.4, 0.5) is 5.69 Å². The lowest BCUT2D eigenvalue weighted by atomic mass is 10.1. The van der Waals surface area contributed by atoms with Crippen LogP contribution in [-0.4, -0.2) is 36.1 Å². The van der Waals surface area contributed by atoms with Crippen molar-refractivity contribution in [2.75, 3.05) is 18.4 Å². The molecule has 0 amide bonds. The van der Waals surface area contributed by atoms with Gasteiger partial charge in [0, 0.05) is 29.7 Å². The second kappa shape index (κ2) is 10.3. The topological polar surface area (TPSA) is 62.9 Å². The van der Waals surface area contributed by atoms with Gasteiger partial charge in [0.2, 0.25) is 0 Å². The Morgan fingerprint density at radius 1 is 1.26 bits per heavy atom. The number of hydrogen-bond acceptors (Lipinski definition) is 4. The number of fused-ring (bicyclic) bond motifs is 1. The van der Waals surface area contributed by atoms with E-state index in [0.717, 1.165) is 30.9 Å². The Bertz CT molecular complexity index is 745. The van der Waals surface area contributed by atoms with Crippen LogP contribution < -0.4 is 15.8 Å². The molecule has 3 N–H and O–H groups in total. The lowest BCUT2D eigenvalue weighted by molar-refractivity contribution is 0.197. The van der Waals surface area contributed by atoms with E-state index in [4.69, 9.17) is 10.5 Å². The molecular formula is C20H29IN4OS. The van der Waals surface area contributed by atoms with E-state index in [-0.39, 0.29) is 30.1 Å². The number of guanidine groups is 1. The average Bonchev–Trinajstić information content (AvgIpc) is 3.08. The molecule has 2 aromatic rings. The number of halogens is 1. The highest BCUT2D eigenvalue weighted by Gasteiger charge is 2.21. The third-order valence-electron chi connectivity index (χ3n) is 4.48. The van der Waals surface area contributed by atoms with Crippen molar-refractivity contribution in [3.05, 3.63) is 46.2 Å². The summed E-state index contributed by atoms with van der Waals surface area (Å²) in [7, 11) is 0. The number of benzene rings is 1. The van der Waals surface area contributed by atoms with Crippen molar-refractivity contribution < 1.29 is 4.74 Å². The minimum atomic E-state index is 0. The molecule has 3 rings (SSSR count). The number of anilines is 1. The first-order valence-corrected chi connectivity index (χ1v) is 10.0. The van der Waals surface area contributed by atoms with Gasteiger partial charge < -0.3 is 15.8 Å². The predicted molar refractivity (Wildman–Crippen MR) is 126 cm³/mol. The van der Waals surface area contributed by atoms with Gasteiger partial charge in [0.05, 0.1) is 12.6 Å². The van der Waals surface area contributed by atoms with Crippen molar-refractivity contribution in [1.29, 1.82) is 0 Å². The van der Waals surface area contributed by atoms with E-state index < -0.39 is 0 Å². The number of nitrogens with one attached hydrogen (secondary N) is 1. The summed E-state index contributed by atoms with van der Waals surface area (Å²) >= 11 is 1.87. The second-order valence-corrected chi connectivity index (χ2v) is 7.98. The first-order valence-electron chi connectivity index (χ1n) is 9.14. The Labute approximate surface area is 183 Å². The fourth-order valence-corrected chi connectivity index (χ4v) is 3.96. The van der Waals surface area contributed by atoms with Crippen LogP contribution in [0, 0.1) is 0 Å². The number of thiophene rings is 1. The van der Waals surface area contributed by atoms with E-state index in [9.17, 15) is 0 Å². The minimum Gasteiger partial charge on any atom is -0.491 e. The molecule has 5 nitrogen and oxygen atoms in total. The van der Waals surface area contributed by atoms with Gasteiger partial charge in [0.15, 0.2) is 5.96 Å². The smallest absolute Gasteiger partial charge is 0.193 e. The number of rotatable bonds is 6. The lowest BCUT2D eigenvalue weighted by Crippen LogP contribution is -2.39. The van der Waals surface area contributed by atoms with Gasteiger partial charge in [-0.05, 0) is 68.5 Å². The molecule has 7 heteroatoms. The fourth-order valence-electron chi connectivity index (χ4n) is 3.07. The van der Waals surface area contributed by atoms with Gasteiger partial charge in [-0.2, -0.15) is 0 Å². The minimum absolute atomic E-state index is 0. The van der Waals surface area contributed by atoms with Gasteiger partial charge in [-0.15, -0.1) is 35.3 Å². The molecule has 0 aliphatic carbocycles. The third kappa shape index (κ3) is 6.36. The maximum Gasteiger partial charge on any atom is 0.193 e. The molecule has 0 bridgehead atoms. The molecule has 1 aromatic carbocycles. The molecule has 1 aliphatic rings. The van der Waals surface area contributed by atoms with E-state index >= 15 is 0 Å². The summed E-state index contributed by atoms with van der Waals surface area (Å²) in [5.41, 5.74) is 8.43. The van der Waals surface area contributed by atoms with Gasteiger partial charge in [0.1, 0.15) is 5.75 Å². The molecule has 27 heavy (non-hydrogen) atoms. The highest BCUT2D eigenvalue weighted by molar-refractivity contribution is 14.0. The highest BCUT2D eigenvalue weighted by atomic mass is 127. The highest BCUT2D eigenvalue weighted by Crippen LogP contribution is 2.25. The SMILES string of the molecule is CC(C)Oc1ccc(NC(N)=NCC(C)N2CCc3sccc3C2)cc1.I. The van der Waals surface area contributed by atoms with Gasteiger partial charge >= 0.3 is 0 Å². The van der Waals surface area contributed by atoms with Crippen LogP contribution in [0.5, 0.6) is 5.75 Å². The number of nitrogens with zero attached hydrogens (tertiary/aromatic N) is 2. The Kier molecular flexibility index (Phi) is 8.37. The summed E-state index contributed by atoms with van der Waals surface area (Å²) in [6.45, 7) is 9.03. The summed E-state index contributed by atoms with van der Waals surface area (Å²) in [4.78, 5) is 8.53. The normalized spacial score (nSPS) is 15.8. The van der Waals surface area contributed by atoms with Crippen molar-refractivity contribution in [2.45, 2.75) is 45.9 Å². The van der Waals surface area contributed by atoms with Crippen molar-refractivity contribution >= 4 is 47.0 Å². The van der Waals surface area contributed by atoms with Crippen LogP contribution in [-0.2, 0) is 13.0 Å². The molecule has 1 aliphatic heterocycles. The summed E-state index contributed by atoms with van der Waals surface area (Å²) in [5.74, 6) is 1.30. The number of hydrogen-bond donors (Lipinski definition) is 2. The molecule has 0 saturated heterocycles. The maximum atomic E-state index is 6.05. The predicted octanol–water partition coefficient (Wildman–Crippen LogP) is 4.33. The summed E-state index contributed by atoms with van der Waals surface area (Å²) in [6.07, 6.45) is 1.31. The monoisotopic (exact) mass is 500 g/mol. The van der Waals surface area contributed by atoms with Crippen LogP contribution in [0.15, 0.2) is 40.7 Å². The van der Waals surface area contributed by atoms with Gasteiger partial charge in [-0.25, -0.2) is 0 Å². The standard InChI is InChI=1S/C20H28N4OS.HI/c1-14(2)25-18-6-4-17(5-7-18)23-20(21)22-12-15(3)24-10-8-19-16(13-24)9-11-26-19;/h4-7,9,11,14-15H,8,10,12-13H2,1-3H3,(H3,21,22,23);1H. The lowest BCUT2D eigenvalue weighted by Gasteiger charge is -2.31. The Morgan fingerprint density at radius 2 is 2.00 bits per heavy atom. The summed E-state index contributed by atoms with van der Waals surface area (Å²) < 4.78 is 5.65.